The molecule has 1 aliphatic heterocycles. The minimum atomic E-state index is -0.0198. The van der Waals surface area contributed by atoms with Gasteiger partial charge in [-0.1, -0.05) is 0 Å². The smallest absolute Gasteiger partial charge is 0.255 e. The van der Waals surface area contributed by atoms with Crippen molar-refractivity contribution in [2.45, 2.75) is 18.9 Å². The van der Waals surface area contributed by atoms with Gasteiger partial charge < -0.3 is 15.2 Å². The van der Waals surface area contributed by atoms with Crippen LogP contribution in [0, 0.1) is 0 Å². The van der Waals surface area contributed by atoms with Gasteiger partial charge in [-0.3, -0.25) is 4.79 Å². The van der Waals surface area contributed by atoms with Crippen LogP contribution in [0.25, 0.3) is 10.8 Å². The zero-order valence-electron chi connectivity index (χ0n) is 11.1. The molecule has 2 heterocycles. The molecular formula is C15H19N3O. The van der Waals surface area contributed by atoms with E-state index in [1.165, 1.54) is 18.5 Å². The van der Waals surface area contributed by atoms with E-state index in [0.717, 1.165) is 23.9 Å². The van der Waals surface area contributed by atoms with Gasteiger partial charge in [0.2, 0.25) is 0 Å². The van der Waals surface area contributed by atoms with Crippen LogP contribution in [0.5, 0.6) is 0 Å². The second-order valence-electron chi connectivity index (χ2n) is 5.17. The third kappa shape index (κ3) is 2.36. The fourth-order valence-corrected chi connectivity index (χ4v) is 2.80. The normalized spacial score (nSPS) is 16.7. The number of H-pyrrole nitrogens is 1. The van der Waals surface area contributed by atoms with Crippen LogP contribution in [0.1, 0.15) is 12.8 Å². The van der Waals surface area contributed by atoms with E-state index in [9.17, 15) is 4.79 Å². The zero-order chi connectivity index (χ0) is 13.2. The first kappa shape index (κ1) is 12.2. The molecule has 1 aromatic carbocycles. The predicted molar refractivity (Wildman–Crippen MR) is 78.9 cm³/mol. The van der Waals surface area contributed by atoms with Crippen molar-refractivity contribution in [2.24, 2.45) is 0 Å². The molecule has 1 aromatic heterocycles. The van der Waals surface area contributed by atoms with Gasteiger partial charge in [-0.25, -0.2) is 0 Å². The lowest BCUT2D eigenvalue weighted by Crippen LogP contribution is -2.41. The molecule has 0 unspecified atom stereocenters. The molecule has 2 aromatic rings. The minimum absolute atomic E-state index is 0.0198. The maximum atomic E-state index is 11.7. The number of benzene rings is 1. The average molecular weight is 257 g/mol. The molecule has 1 fully saturated rings. The Hall–Kier alpha value is -1.81. The van der Waals surface area contributed by atoms with Gasteiger partial charge in [0.1, 0.15) is 0 Å². The van der Waals surface area contributed by atoms with Crippen LogP contribution >= 0.6 is 0 Å². The predicted octanol–water partition coefficient (Wildman–Crippen LogP) is 1.72. The minimum Gasteiger partial charge on any atom is -0.371 e. The van der Waals surface area contributed by atoms with Crippen LogP contribution in [-0.2, 0) is 0 Å². The van der Waals surface area contributed by atoms with Crippen LogP contribution in [0.15, 0.2) is 35.3 Å². The molecule has 0 atom stereocenters. The van der Waals surface area contributed by atoms with Gasteiger partial charge in [-0.15, -0.1) is 0 Å². The molecule has 1 aliphatic rings. The number of nitrogens with one attached hydrogen (secondary N) is 2. The standard InChI is InChI=1S/C15H19N3O/c1-18(12-5-7-16-8-6-12)13-2-3-14-11(10-13)4-9-17-15(14)19/h2-4,9-10,12,16H,5-8H2,1H3,(H,17,19). The van der Waals surface area contributed by atoms with Crippen molar-refractivity contribution in [3.63, 3.8) is 0 Å². The zero-order valence-corrected chi connectivity index (χ0v) is 11.1. The number of hydrogen-bond donors (Lipinski definition) is 2. The maximum Gasteiger partial charge on any atom is 0.255 e. The third-order valence-corrected chi connectivity index (χ3v) is 4.02. The SMILES string of the molecule is CN(c1ccc2c(=O)[nH]ccc2c1)C1CCNCC1. The Balaban J connectivity index is 1.94. The first-order valence-corrected chi connectivity index (χ1v) is 6.81. The molecule has 3 rings (SSSR count). The Morgan fingerprint density at radius 1 is 1.21 bits per heavy atom. The number of nitrogens with zero attached hydrogens (tertiary/aromatic N) is 1. The first-order chi connectivity index (χ1) is 9.25. The summed E-state index contributed by atoms with van der Waals surface area (Å²) in [5, 5.41) is 5.14. The molecule has 4 heteroatoms. The van der Waals surface area contributed by atoms with E-state index >= 15 is 0 Å². The average Bonchev–Trinajstić information content (AvgIpc) is 2.47. The Morgan fingerprint density at radius 2 is 2.00 bits per heavy atom. The number of aromatic nitrogens is 1. The van der Waals surface area contributed by atoms with Gasteiger partial charge in [0.05, 0.1) is 0 Å². The molecule has 0 saturated carbocycles. The number of aromatic amines is 1. The van der Waals surface area contributed by atoms with E-state index in [1.807, 2.05) is 18.2 Å². The second kappa shape index (κ2) is 5.05. The van der Waals surface area contributed by atoms with Crippen molar-refractivity contribution in [3.05, 3.63) is 40.8 Å². The number of fused-ring (bicyclic) bond motifs is 1. The summed E-state index contributed by atoms with van der Waals surface area (Å²) < 4.78 is 0. The fraction of sp³-hybridized carbons (Fsp3) is 0.400. The second-order valence-corrected chi connectivity index (χ2v) is 5.17. The lowest BCUT2D eigenvalue weighted by atomic mass is 10.0. The van der Waals surface area contributed by atoms with E-state index in [2.05, 4.69) is 28.3 Å². The molecule has 100 valence electrons. The third-order valence-electron chi connectivity index (χ3n) is 4.02. The molecule has 2 N–H and O–H groups in total. The van der Waals surface area contributed by atoms with Gasteiger partial charge in [-0.2, -0.15) is 0 Å². The maximum absolute atomic E-state index is 11.7. The summed E-state index contributed by atoms with van der Waals surface area (Å²) >= 11 is 0. The summed E-state index contributed by atoms with van der Waals surface area (Å²) in [6.07, 6.45) is 4.05. The molecule has 0 amide bonds. The van der Waals surface area contributed by atoms with Gasteiger partial charge >= 0.3 is 0 Å². The number of pyridine rings is 1. The fourth-order valence-electron chi connectivity index (χ4n) is 2.80. The van der Waals surface area contributed by atoms with E-state index in [1.54, 1.807) is 6.20 Å². The lowest BCUT2D eigenvalue weighted by molar-refractivity contribution is 0.443. The van der Waals surface area contributed by atoms with Crippen molar-refractivity contribution in [1.82, 2.24) is 10.3 Å². The van der Waals surface area contributed by atoms with Crippen LogP contribution in [0.3, 0.4) is 0 Å². The van der Waals surface area contributed by atoms with Gasteiger partial charge in [0, 0.05) is 30.4 Å². The van der Waals surface area contributed by atoms with Crippen molar-refractivity contribution in [1.29, 1.82) is 0 Å². The largest absolute Gasteiger partial charge is 0.371 e. The first-order valence-electron chi connectivity index (χ1n) is 6.81. The Labute approximate surface area is 112 Å². The van der Waals surface area contributed by atoms with Crippen LogP contribution in [-0.4, -0.2) is 31.2 Å². The van der Waals surface area contributed by atoms with Gasteiger partial charge in [0.25, 0.3) is 5.56 Å². The summed E-state index contributed by atoms with van der Waals surface area (Å²) in [6.45, 7) is 2.17. The van der Waals surface area contributed by atoms with E-state index in [-0.39, 0.29) is 5.56 Å². The highest BCUT2D eigenvalue weighted by Gasteiger charge is 2.18. The van der Waals surface area contributed by atoms with E-state index in [0.29, 0.717) is 6.04 Å². The number of hydrogen-bond acceptors (Lipinski definition) is 3. The summed E-state index contributed by atoms with van der Waals surface area (Å²) in [5.74, 6) is 0. The van der Waals surface area contributed by atoms with Crippen LogP contribution in [0.4, 0.5) is 5.69 Å². The summed E-state index contributed by atoms with van der Waals surface area (Å²) in [4.78, 5) is 16.7. The quantitative estimate of drug-likeness (QED) is 0.861. The molecule has 4 nitrogen and oxygen atoms in total. The van der Waals surface area contributed by atoms with Crippen molar-refractivity contribution >= 4 is 16.5 Å². The Morgan fingerprint density at radius 3 is 2.79 bits per heavy atom. The number of anilines is 1. The topological polar surface area (TPSA) is 48.1 Å². The summed E-state index contributed by atoms with van der Waals surface area (Å²) in [5.41, 5.74) is 1.17. The highest BCUT2D eigenvalue weighted by Crippen LogP contribution is 2.23. The molecule has 0 radical (unpaired) electrons. The van der Waals surface area contributed by atoms with Crippen LogP contribution < -0.4 is 15.8 Å². The van der Waals surface area contributed by atoms with Gasteiger partial charge in [-0.05, 0) is 55.6 Å². The molecule has 19 heavy (non-hydrogen) atoms. The molecule has 0 spiro atoms. The van der Waals surface area contributed by atoms with Gasteiger partial charge in [0.15, 0.2) is 0 Å². The van der Waals surface area contributed by atoms with Crippen LogP contribution in [0.2, 0.25) is 0 Å². The van der Waals surface area contributed by atoms with E-state index in [4.69, 9.17) is 0 Å². The van der Waals surface area contributed by atoms with Crippen molar-refractivity contribution < 1.29 is 0 Å². The Kier molecular flexibility index (Phi) is 3.25. The van der Waals surface area contributed by atoms with E-state index < -0.39 is 0 Å². The number of rotatable bonds is 2. The highest BCUT2D eigenvalue weighted by atomic mass is 16.1. The summed E-state index contributed by atoms with van der Waals surface area (Å²) in [7, 11) is 2.14. The lowest BCUT2D eigenvalue weighted by Gasteiger charge is -2.33. The monoisotopic (exact) mass is 257 g/mol. The Bertz CT molecular complexity index is 629. The molecule has 0 aliphatic carbocycles. The van der Waals surface area contributed by atoms with Crippen molar-refractivity contribution in [3.8, 4) is 0 Å². The molecule has 1 saturated heterocycles. The summed E-state index contributed by atoms with van der Waals surface area (Å²) in [6, 6.07) is 8.60. The highest BCUT2D eigenvalue weighted by molar-refractivity contribution is 5.84. The van der Waals surface area contributed by atoms with Crippen molar-refractivity contribution in [2.75, 3.05) is 25.0 Å². The number of piperidine rings is 1. The molecule has 0 bridgehead atoms. The molecular weight excluding hydrogens is 238 g/mol.